The van der Waals surface area contributed by atoms with Gasteiger partial charge in [-0.25, -0.2) is 4.98 Å². The van der Waals surface area contributed by atoms with E-state index in [2.05, 4.69) is 26.1 Å². The number of ether oxygens (including phenoxy) is 2. The molecule has 5 heterocycles. The molecule has 2 bridgehead atoms. The summed E-state index contributed by atoms with van der Waals surface area (Å²) in [5, 5.41) is 4.17. The number of nitrogens with zero attached hydrogens (tertiary/aromatic N) is 4. The summed E-state index contributed by atoms with van der Waals surface area (Å²) >= 11 is 10.5. The Morgan fingerprint density at radius 3 is 2.62 bits per heavy atom. The molecular weight excluding hydrogens is 458 g/mol. The Labute approximate surface area is 182 Å². The molecule has 7 nitrogen and oxygen atoms in total. The van der Waals surface area contributed by atoms with Gasteiger partial charge in [0.2, 0.25) is 0 Å². The first-order valence-corrected chi connectivity index (χ1v) is 11.7. The lowest BCUT2D eigenvalue weighted by atomic mass is 10.2. The first kappa shape index (κ1) is 18.5. The normalized spacial score (nSPS) is 27.2. The zero-order valence-electron chi connectivity index (χ0n) is 16.0. The van der Waals surface area contributed by atoms with Crippen LogP contribution in [0.4, 0.5) is 5.82 Å². The van der Waals surface area contributed by atoms with Crippen molar-refractivity contribution in [1.82, 2.24) is 20.3 Å². The molecule has 1 aliphatic carbocycles. The largest absolute Gasteiger partial charge is 0.460 e. The number of aromatic nitrogens is 3. The van der Waals surface area contributed by atoms with Gasteiger partial charge in [0.05, 0.1) is 28.4 Å². The smallest absolute Gasteiger partial charge is 0.319 e. The molecule has 0 radical (unpaired) electrons. The molecule has 154 valence electrons. The molecule has 0 amide bonds. The summed E-state index contributed by atoms with van der Waals surface area (Å²) in [6, 6.07) is 1.34. The van der Waals surface area contributed by atoms with Crippen LogP contribution in [0.5, 0.6) is 6.01 Å². The van der Waals surface area contributed by atoms with E-state index in [-0.39, 0.29) is 6.10 Å². The Balaban J connectivity index is 1.47. The number of hydrogen-bond acceptors (Lipinski definition) is 7. The van der Waals surface area contributed by atoms with Gasteiger partial charge in [-0.3, -0.25) is 0 Å². The highest BCUT2D eigenvalue weighted by atomic mass is 79.9. The van der Waals surface area contributed by atoms with Gasteiger partial charge in [0.1, 0.15) is 17.1 Å². The highest BCUT2D eigenvalue weighted by Crippen LogP contribution is 2.47. The summed E-state index contributed by atoms with van der Waals surface area (Å²) < 4.78 is 12.5. The molecule has 3 aliphatic heterocycles. The van der Waals surface area contributed by atoms with E-state index in [4.69, 9.17) is 36.0 Å². The van der Waals surface area contributed by atoms with Crippen molar-refractivity contribution in [2.75, 3.05) is 31.2 Å². The number of pyridine rings is 1. The van der Waals surface area contributed by atoms with Crippen LogP contribution in [-0.2, 0) is 4.74 Å². The summed E-state index contributed by atoms with van der Waals surface area (Å²) in [6.45, 7) is 3.34. The fourth-order valence-electron chi connectivity index (χ4n) is 4.71. The third kappa shape index (κ3) is 3.28. The average molecular weight is 481 g/mol. The molecular formula is C20H23BrClN5O2. The van der Waals surface area contributed by atoms with E-state index in [1.807, 2.05) is 0 Å². The Bertz CT molecular complexity index is 966. The minimum atomic E-state index is 0.0756. The van der Waals surface area contributed by atoms with Crippen molar-refractivity contribution in [3.8, 4) is 6.01 Å². The van der Waals surface area contributed by atoms with Gasteiger partial charge in [-0.15, -0.1) is 0 Å². The van der Waals surface area contributed by atoms with Crippen LogP contribution in [0.1, 0.15) is 43.7 Å². The van der Waals surface area contributed by atoms with Gasteiger partial charge in [0, 0.05) is 43.9 Å². The van der Waals surface area contributed by atoms with Gasteiger partial charge in [0.15, 0.2) is 5.82 Å². The van der Waals surface area contributed by atoms with Crippen LogP contribution in [0.25, 0.3) is 11.0 Å². The lowest BCUT2D eigenvalue weighted by Gasteiger charge is -2.30. The van der Waals surface area contributed by atoms with Crippen LogP contribution in [-0.4, -0.2) is 59.4 Å². The van der Waals surface area contributed by atoms with E-state index in [9.17, 15) is 0 Å². The number of nitrogens with one attached hydrogen (secondary N) is 1. The lowest BCUT2D eigenvalue weighted by Crippen LogP contribution is -2.44. The molecule has 1 N–H and O–H groups in total. The number of piperazine rings is 1. The summed E-state index contributed by atoms with van der Waals surface area (Å²) in [6.07, 6.45) is 5.24. The third-order valence-corrected chi connectivity index (χ3v) is 7.83. The molecule has 0 aromatic carbocycles. The van der Waals surface area contributed by atoms with Crippen molar-refractivity contribution >= 4 is 44.4 Å². The van der Waals surface area contributed by atoms with Crippen molar-refractivity contribution < 1.29 is 9.47 Å². The van der Waals surface area contributed by atoms with Crippen molar-refractivity contribution in [2.45, 2.75) is 56.2 Å². The Morgan fingerprint density at radius 1 is 1.10 bits per heavy atom. The van der Waals surface area contributed by atoms with Gasteiger partial charge < -0.3 is 19.7 Å². The topological polar surface area (TPSA) is 72.4 Å². The zero-order chi connectivity index (χ0) is 19.5. The molecule has 29 heavy (non-hydrogen) atoms. The van der Waals surface area contributed by atoms with Crippen LogP contribution < -0.4 is 15.0 Å². The number of hydrogen-bond donors (Lipinski definition) is 1. The van der Waals surface area contributed by atoms with Crippen LogP contribution in [0.15, 0.2) is 4.47 Å². The van der Waals surface area contributed by atoms with Gasteiger partial charge in [-0.2, -0.15) is 9.97 Å². The predicted molar refractivity (Wildman–Crippen MR) is 114 cm³/mol. The monoisotopic (exact) mass is 479 g/mol. The molecule has 3 saturated heterocycles. The molecule has 9 heteroatoms. The maximum atomic E-state index is 6.79. The van der Waals surface area contributed by atoms with Gasteiger partial charge >= 0.3 is 6.01 Å². The Kier molecular flexibility index (Phi) is 4.59. The number of fused-ring (bicyclic) bond motifs is 3. The molecule has 2 aromatic rings. The molecule has 0 unspecified atom stereocenters. The van der Waals surface area contributed by atoms with E-state index in [0.717, 1.165) is 66.7 Å². The SMILES string of the molecule is Clc1c(Br)c(C2CC2)nc2c(N3C[C@@H]4C[C@H]3CN4)nc(OC3CCOCC3)nc12. The molecule has 2 aromatic heterocycles. The van der Waals surface area contributed by atoms with Crippen molar-refractivity contribution in [3.05, 3.63) is 15.2 Å². The Morgan fingerprint density at radius 2 is 1.93 bits per heavy atom. The maximum absolute atomic E-state index is 6.79. The highest BCUT2D eigenvalue weighted by molar-refractivity contribution is 9.10. The number of halogens is 2. The quantitative estimate of drug-likeness (QED) is 0.719. The van der Waals surface area contributed by atoms with E-state index in [1.165, 1.54) is 0 Å². The van der Waals surface area contributed by atoms with E-state index in [0.29, 0.717) is 47.8 Å². The van der Waals surface area contributed by atoms with Crippen molar-refractivity contribution in [3.63, 3.8) is 0 Å². The fourth-order valence-corrected chi connectivity index (χ4v) is 5.54. The molecule has 2 atom stereocenters. The van der Waals surface area contributed by atoms with E-state index < -0.39 is 0 Å². The van der Waals surface area contributed by atoms with Crippen molar-refractivity contribution in [1.29, 1.82) is 0 Å². The van der Waals surface area contributed by atoms with Gasteiger partial charge in [-0.05, 0) is 35.2 Å². The average Bonchev–Trinajstić information content (AvgIpc) is 3.36. The highest BCUT2D eigenvalue weighted by Gasteiger charge is 2.40. The van der Waals surface area contributed by atoms with E-state index in [1.54, 1.807) is 0 Å². The van der Waals surface area contributed by atoms with Gasteiger partial charge in [-0.1, -0.05) is 11.6 Å². The first-order valence-electron chi connectivity index (χ1n) is 10.5. The number of anilines is 1. The minimum Gasteiger partial charge on any atom is -0.460 e. The summed E-state index contributed by atoms with van der Waals surface area (Å²) in [7, 11) is 0. The van der Waals surface area contributed by atoms with Crippen LogP contribution in [0.3, 0.4) is 0 Å². The predicted octanol–water partition coefficient (Wildman–Crippen LogP) is 3.43. The fraction of sp³-hybridized carbons (Fsp3) is 0.650. The first-order chi connectivity index (χ1) is 14.2. The Hall–Kier alpha value is -1.22. The summed E-state index contributed by atoms with van der Waals surface area (Å²) in [5.74, 6) is 1.34. The summed E-state index contributed by atoms with van der Waals surface area (Å²) in [5.41, 5.74) is 2.51. The van der Waals surface area contributed by atoms with Crippen molar-refractivity contribution in [2.24, 2.45) is 0 Å². The van der Waals surface area contributed by atoms with Gasteiger partial charge in [0.25, 0.3) is 0 Å². The van der Waals surface area contributed by atoms with Crippen LogP contribution >= 0.6 is 27.5 Å². The molecule has 1 saturated carbocycles. The second kappa shape index (κ2) is 7.18. The zero-order valence-corrected chi connectivity index (χ0v) is 18.4. The second-order valence-corrected chi connectivity index (χ2v) is 9.67. The second-order valence-electron chi connectivity index (χ2n) is 8.50. The van der Waals surface area contributed by atoms with Crippen LogP contribution in [0.2, 0.25) is 5.02 Å². The lowest BCUT2D eigenvalue weighted by molar-refractivity contribution is 0.0219. The van der Waals surface area contributed by atoms with E-state index >= 15 is 0 Å². The minimum absolute atomic E-state index is 0.0756. The maximum Gasteiger partial charge on any atom is 0.319 e. The molecule has 0 spiro atoms. The number of rotatable bonds is 4. The standard InChI is InChI=1S/C20H23BrClN5O2/c21-14-15(22)17-18(24-16(14)10-1-2-10)19(27-9-11-7-12(27)8-23-11)26-20(25-17)29-13-3-5-28-6-4-13/h10-13,23H,1-9H2/t11-,12-/m0/s1. The summed E-state index contributed by atoms with van der Waals surface area (Å²) in [4.78, 5) is 17.0. The molecule has 6 rings (SSSR count). The van der Waals surface area contributed by atoms with Crippen LogP contribution in [0, 0.1) is 0 Å². The molecule has 4 fully saturated rings. The third-order valence-electron chi connectivity index (χ3n) is 6.44. The molecule has 4 aliphatic rings.